The average molecular weight is 333 g/mol. The molecule has 2 aliphatic rings. The lowest BCUT2D eigenvalue weighted by molar-refractivity contribution is 0.157. The highest BCUT2D eigenvalue weighted by Crippen LogP contribution is 2.49. The van der Waals surface area contributed by atoms with E-state index in [2.05, 4.69) is 17.1 Å². The van der Waals surface area contributed by atoms with Gasteiger partial charge >= 0.3 is 0 Å². The average Bonchev–Trinajstić information content (AvgIpc) is 3.23. The van der Waals surface area contributed by atoms with Gasteiger partial charge in [0, 0.05) is 38.1 Å². The first-order valence-corrected chi connectivity index (χ1v) is 8.96. The number of ether oxygens (including phenoxy) is 1. The van der Waals surface area contributed by atoms with Crippen LogP contribution in [0.1, 0.15) is 31.7 Å². The lowest BCUT2D eigenvalue weighted by Crippen LogP contribution is -2.40. The molecular formula is C19H28FN3O. The number of likely N-dealkylation sites (tertiary alicyclic amines) is 1. The summed E-state index contributed by atoms with van der Waals surface area (Å²) in [6, 6.07) is 7.14. The molecule has 1 unspecified atom stereocenters. The minimum atomic E-state index is -0.100. The van der Waals surface area contributed by atoms with Crippen LogP contribution in [0, 0.1) is 11.7 Å². The Morgan fingerprint density at radius 2 is 2.21 bits per heavy atom. The van der Waals surface area contributed by atoms with E-state index in [1.54, 1.807) is 19.2 Å². The van der Waals surface area contributed by atoms with E-state index in [9.17, 15) is 4.39 Å². The largest absolute Gasteiger partial charge is 0.384 e. The van der Waals surface area contributed by atoms with E-state index in [4.69, 9.17) is 9.73 Å². The molecule has 1 N–H and O–H groups in total. The Morgan fingerprint density at radius 1 is 1.42 bits per heavy atom. The van der Waals surface area contributed by atoms with E-state index in [1.165, 1.54) is 0 Å². The molecule has 1 aromatic carbocycles. The highest BCUT2D eigenvalue weighted by molar-refractivity contribution is 5.80. The first-order valence-electron chi connectivity index (χ1n) is 8.96. The van der Waals surface area contributed by atoms with Gasteiger partial charge in [0.05, 0.1) is 13.2 Å². The third-order valence-corrected chi connectivity index (χ3v) is 5.15. The number of rotatable bonds is 6. The fourth-order valence-electron chi connectivity index (χ4n) is 3.60. The Kier molecular flexibility index (Phi) is 5.39. The zero-order chi connectivity index (χ0) is 17.0. The molecule has 3 rings (SSSR count). The van der Waals surface area contributed by atoms with Crippen LogP contribution in [0.25, 0.3) is 0 Å². The number of nitrogens with one attached hydrogen (secondary N) is 1. The number of benzene rings is 1. The molecule has 1 aliphatic heterocycles. The van der Waals surface area contributed by atoms with Crippen molar-refractivity contribution >= 4 is 5.96 Å². The normalized spacial score (nSPS) is 22.7. The topological polar surface area (TPSA) is 36.9 Å². The summed E-state index contributed by atoms with van der Waals surface area (Å²) in [5, 5.41) is 3.40. The predicted molar refractivity (Wildman–Crippen MR) is 94.8 cm³/mol. The summed E-state index contributed by atoms with van der Waals surface area (Å²) >= 11 is 0. The second-order valence-electron chi connectivity index (χ2n) is 6.99. The van der Waals surface area contributed by atoms with E-state index in [0.717, 1.165) is 57.0 Å². The van der Waals surface area contributed by atoms with Gasteiger partial charge in [0.1, 0.15) is 5.82 Å². The number of methoxy groups -OCH3 is 1. The maximum atomic E-state index is 14.1. The fourth-order valence-corrected chi connectivity index (χ4v) is 3.60. The van der Waals surface area contributed by atoms with Crippen molar-refractivity contribution < 1.29 is 9.13 Å². The standard InChI is InChI=1S/C19H28FN3O/c1-3-21-18(23-11-8-15(12-23)13-24-2)22-14-19(9-10-19)16-6-4-5-7-17(16)20/h4-7,15H,3,8-14H2,1-2H3,(H,21,22). The van der Waals surface area contributed by atoms with E-state index in [0.29, 0.717) is 12.5 Å². The third-order valence-electron chi connectivity index (χ3n) is 5.15. The van der Waals surface area contributed by atoms with Crippen molar-refractivity contribution in [1.29, 1.82) is 0 Å². The Morgan fingerprint density at radius 3 is 2.88 bits per heavy atom. The first-order chi connectivity index (χ1) is 11.7. The molecule has 1 aliphatic carbocycles. The summed E-state index contributed by atoms with van der Waals surface area (Å²) in [7, 11) is 1.76. The number of aliphatic imine (C=N–C) groups is 1. The van der Waals surface area contributed by atoms with Crippen molar-refractivity contribution in [3.63, 3.8) is 0 Å². The van der Waals surface area contributed by atoms with Crippen LogP contribution in [-0.2, 0) is 10.2 Å². The molecule has 2 fully saturated rings. The second-order valence-corrected chi connectivity index (χ2v) is 6.99. The van der Waals surface area contributed by atoms with E-state index >= 15 is 0 Å². The Bertz CT molecular complexity index is 586. The summed E-state index contributed by atoms with van der Waals surface area (Å²) in [6.45, 7) is 6.37. The molecule has 1 saturated heterocycles. The molecule has 0 spiro atoms. The van der Waals surface area contributed by atoms with Gasteiger partial charge in [0.2, 0.25) is 0 Å². The van der Waals surface area contributed by atoms with Crippen LogP contribution in [0.4, 0.5) is 4.39 Å². The van der Waals surface area contributed by atoms with Crippen LogP contribution in [0.5, 0.6) is 0 Å². The highest BCUT2D eigenvalue weighted by Gasteiger charge is 2.46. The number of guanidine groups is 1. The van der Waals surface area contributed by atoms with Gasteiger partial charge in [-0.3, -0.25) is 4.99 Å². The molecule has 0 bridgehead atoms. The predicted octanol–water partition coefficient (Wildman–Crippen LogP) is 2.79. The van der Waals surface area contributed by atoms with Gasteiger partial charge in [-0.25, -0.2) is 4.39 Å². The van der Waals surface area contributed by atoms with Crippen LogP contribution in [0.2, 0.25) is 0 Å². The lowest BCUT2D eigenvalue weighted by Gasteiger charge is -2.23. The summed E-state index contributed by atoms with van der Waals surface area (Å²) in [5.74, 6) is 1.43. The molecular weight excluding hydrogens is 305 g/mol. The van der Waals surface area contributed by atoms with Crippen molar-refractivity contribution in [2.24, 2.45) is 10.9 Å². The first kappa shape index (κ1) is 17.2. The second kappa shape index (κ2) is 7.51. The SMILES string of the molecule is CCNC(=NCC1(c2ccccc2F)CC1)N1CCC(COC)C1. The molecule has 1 aromatic rings. The molecule has 132 valence electrons. The van der Waals surface area contributed by atoms with Crippen LogP contribution < -0.4 is 5.32 Å². The molecule has 1 saturated carbocycles. The van der Waals surface area contributed by atoms with Crippen LogP contribution in [-0.4, -0.2) is 50.8 Å². The van der Waals surface area contributed by atoms with Crippen LogP contribution in [0.15, 0.2) is 29.3 Å². The van der Waals surface area contributed by atoms with E-state index in [-0.39, 0.29) is 11.2 Å². The van der Waals surface area contributed by atoms with Gasteiger partial charge in [-0.05, 0) is 37.8 Å². The third kappa shape index (κ3) is 3.72. The van der Waals surface area contributed by atoms with Crippen molar-refractivity contribution in [1.82, 2.24) is 10.2 Å². The van der Waals surface area contributed by atoms with E-state index < -0.39 is 0 Å². The smallest absolute Gasteiger partial charge is 0.193 e. The van der Waals surface area contributed by atoms with Gasteiger partial charge in [-0.2, -0.15) is 0 Å². The summed E-state index contributed by atoms with van der Waals surface area (Å²) < 4.78 is 19.4. The zero-order valence-electron chi connectivity index (χ0n) is 14.7. The van der Waals surface area contributed by atoms with Crippen molar-refractivity contribution in [3.05, 3.63) is 35.6 Å². The quantitative estimate of drug-likeness (QED) is 0.642. The molecule has 0 radical (unpaired) electrons. The number of hydrogen-bond acceptors (Lipinski definition) is 2. The maximum absolute atomic E-state index is 14.1. The van der Waals surface area contributed by atoms with Gasteiger partial charge in [-0.1, -0.05) is 18.2 Å². The summed E-state index contributed by atoms with van der Waals surface area (Å²) in [5.41, 5.74) is 0.723. The van der Waals surface area contributed by atoms with Gasteiger partial charge < -0.3 is 15.0 Å². The Labute approximate surface area is 144 Å². The highest BCUT2D eigenvalue weighted by atomic mass is 19.1. The van der Waals surface area contributed by atoms with E-state index in [1.807, 2.05) is 12.1 Å². The minimum Gasteiger partial charge on any atom is -0.384 e. The molecule has 1 atom stereocenters. The fraction of sp³-hybridized carbons (Fsp3) is 0.632. The van der Waals surface area contributed by atoms with Crippen LogP contribution >= 0.6 is 0 Å². The monoisotopic (exact) mass is 333 g/mol. The molecule has 24 heavy (non-hydrogen) atoms. The van der Waals surface area contributed by atoms with Crippen molar-refractivity contribution in [2.75, 3.05) is 39.9 Å². The zero-order valence-corrected chi connectivity index (χ0v) is 14.7. The molecule has 0 aromatic heterocycles. The molecule has 0 amide bonds. The summed E-state index contributed by atoms with van der Waals surface area (Å²) in [4.78, 5) is 7.18. The van der Waals surface area contributed by atoms with Gasteiger partial charge in [-0.15, -0.1) is 0 Å². The Hall–Kier alpha value is -1.62. The number of nitrogens with zero attached hydrogens (tertiary/aromatic N) is 2. The summed E-state index contributed by atoms with van der Waals surface area (Å²) in [6.07, 6.45) is 3.17. The van der Waals surface area contributed by atoms with Gasteiger partial charge in [0.15, 0.2) is 5.96 Å². The molecule has 4 nitrogen and oxygen atoms in total. The number of halogens is 1. The lowest BCUT2D eigenvalue weighted by atomic mass is 9.95. The minimum absolute atomic E-state index is 0.0995. The van der Waals surface area contributed by atoms with Crippen molar-refractivity contribution in [3.8, 4) is 0 Å². The van der Waals surface area contributed by atoms with Crippen LogP contribution in [0.3, 0.4) is 0 Å². The molecule has 1 heterocycles. The Balaban J connectivity index is 1.70. The van der Waals surface area contributed by atoms with Gasteiger partial charge in [0.25, 0.3) is 0 Å². The van der Waals surface area contributed by atoms with Crippen molar-refractivity contribution in [2.45, 2.75) is 31.6 Å². The number of hydrogen-bond donors (Lipinski definition) is 1. The molecule has 5 heteroatoms. The maximum Gasteiger partial charge on any atom is 0.193 e.